The van der Waals surface area contributed by atoms with E-state index in [1.54, 1.807) is 0 Å². The molecule has 0 heterocycles. The van der Waals surface area contributed by atoms with E-state index in [4.69, 9.17) is 10.00 Å². The summed E-state index contributed by atoms with van der Waals surface area (Å²) < 4.78 is 15.4. The first-order chi connectivity index (χ1) is 7.33. The van der Waals surface area contributed by atoms with Gasteiger partial charge in [-0.25, -0.2) is 9.36 Å². The number of benzene rings is 1. The summed E-state index contributed by atoms with van der Waals surface area (Å²) in [6.07, 6.45) is 0. The van der Waals surface area contributed by atoms with Crippen molar-refractivity contribution in [3.63, 3.8) is 0 Å². The third kappa shape index (κ3) is 5.99. The van der Waals surface area contributed by atoms with Crippen molar-refractivity contribution in [1.29, 1.82) is 0 Å². The predicted molar refractivity (Wildman–Crippen MR) is 57.1 cm³/mol. The van der Waals surface area contributed by atoms with E-state index in [0.717, 1.165) is 0 Å². The second-order valence-electron chi connectivity index (χ2n) is 2.97. The molecule has 0 aliphatic carbocycles. The summed E-state index contributed by atoms with van der Waals surface area (Å²) in [5, 5.41) is 8.35. The van der Waals surface area contributed by atoms with Crippen molar-refractivity contribution in [2.24, 2.45) is 0 Å². The molecule has 0 aliphatic rings. The molecule has 0 aromatic heterocycles. The minimum Gasteiger partial charge on any atom is -1.00 e. The van der Waals surface area contributed by atoms with Gasteiger partial charge in [-0.2, -0.15) is 0 Å². The summed E-state index contributed by atoms with van der Waals surface area (Å²) >= 11 is 0. The van der Waals surface area contributed by atoms with Gasteiger partial charge in [-0.05, 0) is 31.2 Å². The van der Waals surface area contributed by atoms with E-state index >= 15 is 0 Å². The van der Waals surface area contributed by atoms with Crippen LogP contribution in [0.15, 0.2) is 24.3 Å². The van der Waals surface area contributed by atoms with Gasteiger partial charge in [0.05, 0.1) is 0 Å². The van der Waals surface area contributed by atoms with Crippen molar-refractivity contribution in [2.75, 3.05) is 0 Å². The van der Waals surface area contributed by atoms with Crippen LogP contribution in [0.5, 0.6) is 5.75 Å². The molecule has 1 unspecified atom stereocenters. The Kier molecular flexibility index (Phi) is 9.77. The molecule has 0 radical (unpaired) electrons. The average molecular weight is 292 g/mol. The first-order valence-electron chi connectivity index (χ1n) is 4.20. The zero-order valence-electron chi connectivity index (χ0n) is 12.3. The van der Waals surface area contributed by atoms with Gasteiger partial charge < -0.3 is 17.4 Å². The van der Waals surface area contributed by atoms with E-state index in [1.165, 1.54) is 31.2 Å². The summed E-state index contributed by atoms with van der Waals surface area (Å²) in [5.74, 6) is -0.254. The van der Waals surface area contributed by atoms with Crippen LogP contribution in [0.1, 0.15) is 20.1 Å². The van der Waals surface area contributed by atoms with Gasteiger partial charge in [-0.1, -0.05) is 0 Å². The number of carboxylic acid groups (broad SMARTS) is 1. The molecule has 6 nitrogen and oxygen atoms in total. The number of hydrogen-bond donors (Lipinski definition) is 2. The molecule has 1 rings (SSSR count). The van der Waals surface area contributed by atoms with Gasteiger partial charge in [-0.3, -0.25) is 4.79 Å². The van der Waals surface area contributed by atoms with Crippen molar-refractivity contribution < 1.29 is 90.6 Å². The van der Waals surface area contributed by atoms with Crippen molar-refractivity contribution in [2.45, 2.75) is 6.92 Å². The summed E-state index contributed by atoms with van der Waals surface area (Å²) in [5.41, 5.74) is -1.53. The zero-order valence-corrected chi connectivity index (χ0v) is 15.2. The molecule has 90 valence electrons. The number of carbonyl (C=O) groups is 2. The van der Waals surface area contributed by atoms with Crippen LogP contribution in [-0.2, 0) is 4.57 Å². The van der Waals surface area contributed by atoms with Gasteiger partial charge in [0.2, 0.25) is 0 Å². The molecule has 0 fully saturated rings. The van der Waals surface area contributed by atoms with Crippen LogP contribution in [0.3, 0.4) is 0 Å². The summed E-state index contributed by atoms with van der Waals surface area (Å²) in [6.45, 7) is 1.37. The summed E-state index contributed by atoms with van der Waals surface area (Å²) in [4.78, 5) is 30.1. The monoisotopic (exact) mass is 292 g/mol. The molecule has 1 atom stereocenters. The van der Waals surface area contributed by atoms with Crippen molar-refractivity contribution in [3.8, 4) is 5.75 Å². The number of ketones is 1. The SMILES string of the molecule is CC(=O)c1ccc(OP(=O)(O)C(=O)O)cc1.[H-].[H-].[Na+].[Na+]. The van der Waals surface area contributed by atoms with Crippen LogP contribution in [-0.4, -0.2) is 21.5 Å². The quantitative estimate of drug-likeness (QED) is 0.337. The number of Topliss-reactive ketones (excluding diaryl/α,β-unsaturated/α-hetero) is 1. The molecule has 18 heavy (non-hydrogen) atoms. The summed E-state index contributed by atoms with van der Waals surface area (Å²) in [7, 11) is -4.69. The molecule has 1 aromatic rings. The molecule has 0 amide bonds. The molecular weight excluding hydrogens is 281 g/mol. The van der Waals surface area contributed by atoms with E-state index < -0.39 is 13.3 Å². The average Bonchev–Trinajstić information content (AvgIpc) is 2.17. The van der Waals surface area contributed by atoms with Crippen LogP contribution in [0, 0.1) is 0 Å². The van der Waals surface area contributed by atoms with Crippen LogP contribution >= 0.6 is 7.60 Å². The van der Waals surface area contributed by atoms with Gasteiger partial charge in [-0.15, -0.1) is 0 Å². The maximum atomic E-state index is 11.0. The Balaban J connectivity index is -0.000000320. The van der Waals surface area contributed by atoms with E-state index in [2.05, 4.69) is 4.52 Å². The summed E-state index contributed by atoms with van der Waals surface area (Å²) in [6, 6.07) is 5.25. The van der Waals surface area contributed by atoms with Crippen molar-refractivity contribution in [3.05, 3.63) is 29.8 Å². The van der Waals surface area contributed by atoms with Crippen LogP contribution in [0.2, 0.25) is 0 Å². The molecule has 1 aromatic carbocycles. The second kappa shape index (κ2) is 8.51. The van der Waals surface area contributed by atoms with Crippen LogP contribution < -0.4 is 63.6 Å². The zero-order chi connectivity index (χ0) is 12.3. The fourth-order valence-electron chi connectivity index (χ4n) is 0.932. The van der Waals surface area contributed by atoms with Crippen molar-refractivity contribution in [1.82, 2.24) is 0 Å². The maximum Gasteiger partial charge on any atom is 1.00 e. The maximum absolute atomic E-state index is 11.0. The first-order valence-corrected chi connectivity index (χ1v) is 5.77. The van der Waals surface area contributed by atoms with E-state index in [9.17, 15) is 14.2 Å². The normalized spacial score (nSPS) is 12.3. The van der Waals surface area contributed by atoms with E-state index in [0.29, 0.717) is 5.56 Å². The standard InChI is InChI=1S/C9H9O6P.2Na.2H/c1-6(10)7-2-4-8(5-3-7)15-16(13,14)9(11)12;;;;/h2-5H,1H3,(H,11,12)(H,13,14);;;;/q;2*+1;2*-1. The molecule has 9 heteroatoms. The molecule has 0 bridgehead atoms. The Bertz CT molecular complexity index is 482. The van der Waals surface area contributed by atoms with Gasteiger partial charge in [0.15, 0.2) is 5.78 Å². The Labute approximate surface area is 151 Å². The molecule has 0 saturated heterocycles. The smallest absolute Gasteiger partial charge is 1.00 e. The van der Waals surface area contributed by atoms with Gasteiger partial charge in [0, 0.05) is 5.56 Å². The third-order valence-corrected chi connectivity index (χ3v) is 2.67. The van der Waals surface area contributed by atoms with Crippen LogP contribution in [0.25, 0.3) is 0 Å². The number of carbonyl (C=O) groups excluding carboxylic acids is 1. The third-order valence-electron chi connectivity index (χ3n) is 1.73. The molecule has 0 aliphatic heterocycles. The molecule has 0 spiro atoms. The van der Waals surface area contributed by atoms with E-state index in [-0.39, 0.29) is 73.5 Å². The fraction of sp³-hybridized carbons (Fsp3) is 0.111. The van der Waals surface area contributed by atoms with Gasteiger partial charge >= 0.3 is 72.4 Å². The van der Waals surface area contributed by atoms with E-state index in [1.807, 2.05) is 0 Å². The Hall–Kier alpha value is 0.350. The fourth-order valence-corrected chi connectivity index (χ4v) is 1.42. The first kappa shape index (κ1) is 20.7. The minimum atomic E-state index is -4.69. The molecular formula is C9H11Na2O6P. The second-order valence-corrected chi connectivity index (χ2v) is 4.58. The topological polar surface area (TPSA) is 101 Å². The predicted octanol–water partition coefficient (Wildman–Crippen LogP) is -3.64. The number of hydrogen-bond acceptors (Lipinski definition) is 4. The Morgan fingerprint density at radius 3 is 2.00 bits per heavy atom. The molecule has 2 N–H and O–H groups in total. The van der Waals surface area contributed by atoms with Crippen LogP contribution in [0.4, 0.5) is 4.79 Å². The largest absolute Gasteiger partial charge is 1.00 e. The number of rotatable bonds is 4. The van der Waals surface area contributed by atoms with Crippen molar-refractivity contribution >= 4 is 19.1 Å². The van der Waals surface area contributed by atoms with Gasteiger partial charge in [0.25, 0.3) is 0 Å². The minimum absolute atomic E-state index is 0. The van der Waals surface area contributed by atoms with Gasteiger partial charge in [0.1, 0.15) is 5.75 Å². The molecule has 0 saturated carbocycles. The Morgan fingerprint density at radius 2 is 1.67 bits per heavy atom. The Morgan fingerprint density at radius 1 is 1.22 bits per heavy atom.